The molecule has 0 bridgehead atoms. The number of hydrogen-bond donors (Lipinski definition) is 0. The molecule has 0 atom stereocenters. The molecule has 0 spiro atoms. The van der Waals surface area contributed by atoms with E-state index in [1.807, 2.05) is 0 Å². The maximum atomic E-state index is 11.2. The Kier molecular flexibility index (Phi) is 36.1. The van der Waals surface area contributed by atoms with Crippen molar-refractivity contribution in [3.8, 4) is 0 Å². The van der Waals surface area contributed by atoms with Crippen molar-refractivity contribution in [2.75, 3.05) is 112 Å². The fourth-order valence-corrected chi connectivity index (χ4v) is 3.83. The van der Waals surface area contributed by atoms with Gasteiger partial charge in [0.1, 0.15) is 6.61 Å². The van der Waals surface area contributed by atoms with Crippen LogP contribution in [0.1, 0.15) is 84.5 Å². The first-order chi connectivity index (χ1) is 21.2. The molecule has 0 aromatic rings. The summed E-state index contributed by atoms with van der Waals surface area (Å²) in [5.74, 6) is -0.406. The fourth-order valence-electron chi connectivity index (χ4n) is 3.83. The molecule has 0 rings (SSSR count). The van der Waals surface area contributed by atoms with Gasteiger partial charge in [-0.3, -0.25) is 0 Å². The van der Waals surface area contributed by atoms with Crippen LogP contribution < -0.4 is 0 Å². The smallest absolute Gasteiger partial charge is 0.333 e. The zero-order valence-electron chi connectivity index (χ0n) is 27.6. The third-order valence-electron chi connectivity index (χ3n) is 6.31. The van der Waals surface area contributed by atoms with Crippen LogP contribution in [-0.4, -0.2) is 118 Å². The van der Waals surface area contributed by atoms with Crippen molar-refractivity contribution in [2.24, 2.45) is 0 Å². The lowest BCUT2D eigenvalue weighted by Gasteiger charge is -2.09. The topological polar surface area (TPSA) is 100 Å². The minimum atomic E-state index is -0.406. The van der Waals surface area contributed by atoms with E-state index in [1.54, 1.807) is 6.92 Å². The first-order valence-electron chi connectivity index (χ1n) is 16.6. The molecule has 0 amide bonds. The maximum absolute atomic E-state index is 11.2. The van der Waals surface area contributed by atoms with E-state index >= 15 is 0 Å². The summed E-state index contributed by atoms with van der Waals surface area (Å²) < 4.78 is 48.7. The van der Waals surface area contributed by atoms with Gasteiger partial charge in [0.05, 0.1) is 99.1 Å². The zero-order valence-corrected chi connectivity index (χ0v) is 27.6. The average molecular weight is 621 g/mol. The van der Waals surface area contributed by atoms with Gasteiger partial charge in [-0.15, -0.1) is 0 Å². The van der Waals surface area contributed by atoms with Crippen LogP contribution in [0.25, 0.3) is 0 Å². The number of carbonyl (C=O) groups is 1. The lowest BCUT2D eigenvalue weighted by atomic mass is 10.1. The molecule has 43 heavy (non-hydrogen) atoms. The van der Waals surface area contributed by atoms with Gasteiger partial charge in [0.2, 0.25) is 0 Å². The molecule has 0 unspecified atom stereocenters. The predicted molar refractivity (Wildman–Crippen MR) is 169 cm³/mol. The van der Waals surface area contributed by atoms with Gasteiger partial charge in [-0.25, -0.2) is 4.79 Å². The van der Waals surface area contributed by atoms with Gasteiger partial charge in [0.15, 0.2) is 0 Å². The molecule has 0 saturated carbocycles. The molecule has 0 aliphatic heterocycles. The Morgan fingerprint density at radius 1 is 0.395 bits per heavy atom. The highest BCUT2D eigenvalue weighted by atomic mass is 16.6. The molecule has 10 heteroatoms. The first-order valence-corrected chi connectivity index (χ1v) is 16.6. The second-order valence-corrected chi connectivity index (χ2v) is 10.4. The molecule has 0 heterocycles. The third kappa shape index (κ3) is 37.0. The average Bonchev–Trinajstić information content (AvgIpc) is 3.00. The number of esters is 1. The second kappa shape index (κ2) is 37.1. The lowest BCUT2D eigenvalue weighted by molar-refractivity contribution is -0.140. The molecule has 0 aromatic heterocycles. The maximum Gasteiger partial charge on any atom is 0.333 e. The molecular weight excluding hydrogens is 556 g/mol. The number of ether oxygens (including phenoxy) is 9. The molecule has 0 aromatic carbocycles. The monoisotopic (exact) mass is 620 g/mol. The Hall–Kier alpha value is -1.11. The van der Waals surface area contributed by atoms with Crippen LogP contribution >= 0.6 is 0 Å². The van der Waals surface area contributed by atoms with E-state index in [0.717, 1.165) is 13.0 Å². The summed E-state index contributed by atoms with van der Waals surface area (Å²) in [6, 6.07) is 0. The summed E-state index contributed by atoms with van der Waals surface area (Å²) in [6.07, 6.45) is 14.9. The van der Waals surface area contributed by atoms with Crippen LogP contribution in [0, 0.1) is 0 Å². The molecule has 0 N–H and O–H groups in total. The summed E-state index contributed by atoms with van der Waals surface area (Å²) in [4.78, 5) is 11.2. The predicted octanol–water partition coefficient (Wildman–Crippen LogP) is 5.55. The number of rotatable bonds is 37. The SMILES string of the molecule is C=C(C)C(=O)OCCOCCOCCOCCOCCOCCOCCOCCOCCCCCCCCCCCCC. The van der Waals surface area contributed by atoms with Gasteiger partial charge >= 0.3 is 5.97 Å². The van der Waals surface area contributed by atoms with E-state index in [-0.39, 0.29) is 6.61 Å². The Morgan fingerprint density at radius 3 is 0.953 bits per heavy atom. The van der Waals surface area contributed by atoms with Gasteiger partial charge in [0.25, 0.3) is 0 Å². The van der Waals surface area contributed by atoms with Crippen molar-refractivity contribution in [3.63, 3.8) is 0 Å². The molecule has 256 valence electrons. The molecule has 0 aliphatic carbocycles. The summed E-state index contributed by atoms with van der Waals surface area (Å²) >= 11 is 0. The van der Waals surface area contributed by atoms with Crippen molar-refractivity contribution < 1.29 is 47.4 Å². The Balaban J connectivity index is 3.06. The molecule has 0 fully saturated rings. The number of unbranched alkanes of at least 4 members (excludes halogenated alkanes) is 10. The minimum absolute atomic E-state index is 0.208. The third-order valence-corrected chi connectivity index (χ3v) is 6.31. The van der Waals surface area contributed by atoms with Crippen LogP contribution in [-0.2, 0) is 47.4 Å². The Labute approximate surface area is 262 Å². The van der Waals surface area contributed by atoms with Crippen LogP contribution in [0.3, 0.4) is 0 Å². The summed E-state index contributed by atoms with van der Waals surface area (Å²) in [7, 11) is 0. The molecule has 0 radical (unpaired) electrons. The Morgan fingerprint density at radius 2 is 0.651 bits per heavy atom. The van der Waals surface area contributed by atoms with E-state index in [9.17, 15) is 4.79 Å². The quantitative estimate of drug-likeness (QED) is 0.0499. The number of carbonyl (C=O) groups excluding carboxylic acids is 1. The lowest BCUT2D eigenvalue weighted by Crippen LogP contribution is -2.15. The van der Waals surface area contributed by atoms with Crippen molar-refractivity contribution in [3.05, 3.63) is 12.2 Å². The molecule has 0 saturated heterocycles. The van der Waals surface area contributed by atoms with Gasteiger partial charge in [-0.2, -0.15) is 0 Å². The molecular formula is C33H64O10. The van der Waals surface area contributed by atoms with Crippen molar-refractivity contribution in [1.82, 2.24) is 0 Å². The number of hydrogen-bond acceptors (Lipinski definition) is 10. The highest BCUT2D eigenvalue weighted by molar-refractivity contribution is 5.86. The van der Waals surface area contributed by atoms with E-state index in [2.05, 4.69) is 13.5 Å². The van der Waals surface area contributed by atoms with Crippen LogP contribution in [0.4, 0.5) is 0 Å². The van der Waals surface area contributed by atoms with Gasteiger partial charge < -0.3 is 42.6 Å². The second-order valence-electron chi connectivity index (χ2n) is 10.4. The van der Waals surface area contributed by atoms with Gasteiger partial charge in [0, 0.05) is 12.2 Å². The normalized spacial score (nSPS) is 11.3. The summed E-state index contributed by atoms with van der Waals surface area (Å²) in [6.45, 7) is 16.1. The summed E-state index contributed by atoms with van der Waals surface area (Å²) in [5, 5.41) is 0. The van der Waals surface area contributed by atoms with E-state index in [1.165, 1.54) is 64.2 Å². The highest BCUT2D eigenvalue weighted by Gasteiger charge is 2.02. The zero-order chi connectivity index (χ0) is 31.3. The Bertz CT molecular complexity index is 576. The highest BCUT2D eigenvalue weighted by Crippen LogP contribution is 2.11. The van der Waals surface area contributed by atoms with Crippen LogP contribution in [0.5, 0.6) is 0 Å². The minimum Gasteiger partial charge on any atom is -0.460 e. The van der Waals surface area contributed by atoms with E-state index in [0.29, 0.717) is 105 Å². The molecule has 10 nitrogen and oxygen atoms in total. The standard InChI is InChI=1S/C33H64O10/c1-4-5-6-7-8-9-10-11-12-13-14-15-35-16-17-36-18-19-37-20-21-38-22-23-39-24-25-40-26-27-41-28-29-42-30-31-43-33(34)32(2)3/h2,4-31H2,1,3H3. The van der Waals surface area contributed by atoms with E-state index < -0.39 is 5.97 Å². The van der Waals surface area contributed by atoms with Crippen LogP contribution in [0.15, 0.2) is 12.2 Å². The fraction of sp³-hybridized carbons (Fsp3) is 0.909. The molecule has 0 aliphatic rings. The van der Waals surface area contributed by atoms with Crippen molar-refractivity contribution in [2.45, 2.75) is 84.5 Å². The van der Waals surface area contributed by atoms with Crippen molar-refractivity contribution in [1.29, 1.82) is 0 Å². The van der Waals surface area contributed by atoms with E-state index in [4.69, 9.17) is 42.6 Å². The van der Waals surface area contributed by atoms with Gasteiger partial charge in [-0.05, 0) is 13.3 Å². The van der Waals surface area contributed by atoms with Gasteiger partial charge in [-0.1, -0.05) is 77.7 Å². The first kappa shape index (κ1) is 41.9. The summed E-state index contributed by atoms with van der Waals surface area (Å²) in [5.41, 5.74) is 0.377. The van der Waals surface area contributed by atoms with Crippen molar-refractivity contribution >= 4 is 5.97 Å². The van der Waals surface area contributed by atoms with Crippen LogP contribution in [0.2, 0.25) is 0 Å². The largest absolute Gasteiger partial charge is 0.460 e.